The van der Waals surface area contributed by atoms with E-state index in [2.05, 4.69) is 15.0 Å². The summed E-state index contributed by atoms with van der Waals surface area (Å²) in [5.74, 6) is 1.31. The van der Waals surface area contributed by atoms with Crippen LogP contribution in [0.3, 0.4) is 0 Å². The average molecular weight is 472 g/mol. The zero-order valence-electron chi connectivity index (χ0n) is 18.5. The summed E-state index contributed by atoms with van der Waals surface area (Å²) in [5.41, 5.74) is 0.795. The molecule has 0 saturated carbocycles. The highest BCUT2D eigenvalue weighted by atomic mass is 32.2. The predicted octanol–water partition coefficient (Wildman–Crippen LogP) is 3.83. The molecule has 0 unspecified atom stereocenters. The number of rotatable bonds is 10. The van der Waals surface area contributed by atoms with Crippen LogP contribution in [0.2, 0.25) is 0 Å². The molecule has 33 heavy (non-hydrogen) atoms. The quantitative estimate of drug-likeness (QED) is 0.462. The van der Waals surface area contributed by atoms with Crippen LogP contribution in [0.5, 0.6) is 23.1 Å². The van der Waals surface area contributed by atoms with Gasteiger partial charge in [0.15, 0.2) is 11.5 Å². The van der Waals surface area contributed by atoms with E-state index in [-0.39, 0.29) is 10.8 Å². The van der Waals surface area contributed by atoms with Gasteiger partial charge in [0.1, 0.15) is 5.75 Å². The Labute approximate surface area is 192 Å². The van der Waals surface area contributed by atoms with Crippen LogP contribution < -0.4 is 24.2 Å². The number of nitrogens with one attached hydrogen (secondary N) is 2. The lowest BCUT2D eigenvalue weighted by molar-refractivity contribution is 0.0953. The Morgan fingerprint density at radius 1 is 0.970 bits per heavy atom. The van der Waals surface area contributed by atoms with Crippen LogP contribution in [0.25, 0.3) is 0 Å². The normalized spacial score (nSPS) is 10.9. The lowest BCUT2D eigenvalue weighted by atomic mass is 10.2. The van der Waals surface area contributed by atoms with E-state index in [1.165, 1.54) is 38.6 Å². The van der Waals surface area contributed by atoms with Gasteiger partial charge in [-0.15, -0.1) is 0 Å². The summed E-state index contributed by atoms with van der Waals surface area (Å²) in [6, 6.07) is 13.9. The Balaban J connectivity index is 1.66. The highest BCUT2D eigenvalue weighted by Gasteiger charge is 2.17. The van der Waals surface area contributed by atoms with Crippen LogP contribution >= 0.6 is 0 Å². The molecule has 0 aliphatic carbocycles. The van der Waals surface area contributed by atoms with E-state index in [1.54, 1.807) is 36.4 Å². The van der Waals surface area contributed by atoms with Crippen molar-refractivity contribution in [3.63, 3.8) is 0 Å². The van der Waals surface area contributed by atoms with E-state index in [0.29, 0.717) is 40.9 Å². The maximum absolute atomic E-state index is 12.7. The van der Waals surface area contributed by atoms with Crippen molar-refractivity contribution in [1.29, 1.82) is 0 Å². The Kier molecular flexibility index (Phi) is 7.73. The van der Waals surface area contributed by atoms with Crippen molar-refractivity contribution in [2.75, 3.05) is 25.5 Å². The number of carbonyl (C=O) groups is 1. The van der Waals surface area contributed by atoms with Gasteiger partial charge < -0.3 is 19.5 Å². The third kappa shape index (κ3) is 6.13. The molecule has 1 heterocycles. The van der Waals surface area contributed by atoms with Crippen LogP contribution in [0.1, 0.15) is 23.7 Å². The lowest BCUT2D eigenvalue weighted by Crippen LogP contribution is -2.23. The highest BCUT2D eigenvalue weighted by Crippen LogP contribution is 2.30. The third-order valence-corrected chi connectivity index (χ3v) is 5.91. The van der Waals surface area contributed by atoms with E-state index in [1.807, 2.05) is 6.92 Å². The van der Waals surface area contributed by atoms with Gasteiger partial charge in [-0.25, -0.2) is 13.4 Å². The summed E-state index contributed by atoms with van der Waals surface area (Å²) in [6.07, 6.45) is 2.28. The summed E-state index contributed by atoms with van der Waals surface area (Å²) in [6.45, 7) is 2.57. The van der Waals surface area contributed by atoms with E-state index >= 15 is 0 Å². The first-order valence-corrected chi connectivity index (χ1v) is 11.6. The number of aromatic nitrogens is 1. The molecule has 0 atom stereocenters. The third-order valence-electron chi connectivity index (χ3n) is 4.53. The number of pyridine rings is 1. The van der Waals surface area contributed by atoms with Crippen LogP contribution in [0.4, 0.5) is 5.69 Å². The van der Waals surface area contributed by atoms with Crippen LogP contribution in [-0.2, 0) is 10.0 Å². The molecule has 0 bridgehead atoms. The number of hydrogen-bond acceptors (Lipinski definition) is 7. The average Bonchev–Trinajstić information content (AvgIpc) is 2.83. The molecule has 0 aliphatic rings. The number of anilines is 1. The monoisotopic (exact) mass is 471 g/mol. The number of sulfonamides is 1. The fourth-order valence-electron chi connectivity index (χ4n) is 2.83. The number of methoxy groups -OCH3 is 2. The number of ether oxygens (including phenoxy) is 3. The summed E-state index contributed by atoms with van der Waals surface area (Å²) < 4.78 is 43.9. The minimum atomic E-state index is -3.84. The van der Waals surface area contributed by atoms with Crippen LogP contribution in [-0.4, -0.2) is 40.1 Å². The molecule has 1 aromatic heterocycles. The number of benzene rings is 2. The molecule has 0 radical (unpaired) electrons. The Hall–Kier alpha value is -3.79. The van der Waals surface area contributed by atoms with Crippen molar-refractivity contribution in [3.8, 4) is 23.1 Å². The molecule has 9 nitrogen and oxygen atoms in total. The zero-order chi connectivity index (χ0) is 23.8. The lowest BCUT2D eigenvalue weighted by Gasteiger charge is -2.12. The first-order valence-electron chi connectivity index (χ1n) is 10.1. The molecular weight excluding hydrogens is 446 g/mol. The summed E-state index contributed by atoms with van der Waals surface area (Å²) in [5, 5.41) is 2.78. The minimum Gasteiger partial charge on any atom is -0.493 e. The first kappa shape index (κ1) is 23.9. The smallest absolute Gasteiger partial charge is 0.262 e. The van der Waals surface area contributed by atoms with Gasteiger partial charge in [0, 0.05) is 30.6 Å². The number of carbonyl (C=O) groups excluding carboxylic acids is 1. The molecule has 0 saturated heterocycles. The van der Waals surface area contributed by atoms with Crippen molar-refractivity contribution in [1.82, 2.24) is 10.3 Å². The molecule has 3 aromatic rings. The van der Waals surface area contributed by atoms with Gasteiger partial charge in [-0.3, -0.25) is 9.52 Å². The maximum Gasteiger partial charge on any atom is 0.262 e. The molecule has 2 aromatic carbocycles. The molecule has 10 heteroatoms. The Morgan fingerprint density at radius 3 is 2.30 bits per heavy atom. The summed E-state index contributed by atoms with van der Waals surface area (Å²) >= 11 is 0. The fourth-order valence-corrected chi connectivity index (χ4v) is 3.90. The molecule has 0 spiro atoms. The van der Waals surface area contributed by atoms with Gasteiger partial charge in [0.2, 0.25) is 5.88 Å². The molecular formula is C23H25N3O6S. The van der Waals surface area contributed by atoms with Crippen LogP contribution in [0, 0.1) is 0 Å². The second-order valence-corrected chi connectivity index (χ2v) is 8.57. The molecule has 2 N–H and O–H groups in total. The maximum atomic E-state index is 12.7. The van der Waals surface area contributed by atoms with Gasteiger partial charge in [-0.1, -0.05) is 6.92 Å². The Morgan fingerprint density at radius 2 is 1.70 bits per heavy atom. The van der Waals surface area contributed by atoms with Gasteiger partial charge in [-0.05, 0) is 48.9 Å². The van der Waals surface area contributed by atoms with E-state index in [9.17, 15) is 13.2 Å². The van der Waals surface area contributed by atoms with Crippen molar-refractivity contribution < 1.29 is 27.4 Å². The standard InChI is InChI=1S/C23H25N3O6S/c1-4-13-24-23(27)16-5-12-22(25-15-16)32-18-8-6-17(7-9-18)26-33(28,29)19-10-11-20(30-2)21(14-19)31-3/h5-12,14-15,26H,4,13H2,1-3H3,(H,24,27). The van der Waals surface area contributed by atoms with Crippen LogP contribution in [0.15, 0.2) is 65.7 Å². The SMILES string of the molecule is CCCNC(=O)c1ccc(Oc2ccc(NS(=O)(=O)c3ccc(OC)c(OC)c3)cc2)nc1. The zero-order valence-corrected chi connectivity index (χ0v) is 19.3. The fraction of sp³-hybridized carbons (Fsp3) is 0.217. The van der Waals surface area contributed by atoms with E-state index < -0.39 is 10.0 Å². The summed E-state index contributed by atoms with van der Waals surface area (Å²) in [4.78, 5) is 16.1. The molecule has 0 aliphatic heterocycles. The minimum absolute atomic E-state index is 0.0349. The molecule has 1 amide bonds. The van der Waals surface area contributed by atoms with Crippen molar-refractivity contribution in [2.45, 2.75) is 18.2 Å². The van der Waals surface area contributed by atoms with Gasteiger partial charge >= 0.3 is 0 Å². The number of hydrogen-bond donors (Lipinski definition) is 2. The molecule has 0 fully saturated rings. The Bertz CT molecular complexity index is 1200. The van der Waals surface area contributed by atoms with Gasteiger partial charge in [-0.2, -0.15) is 0 Å². The van der Waals surface area contributed by atoms with E-state index in [4.69, 9.17) is 14.2 Å². The summed E-state index contributed by atoms with van der Waals surface area (Å²) in [7, 11) is -0.930. The van der Waals surface area contributed by atoms with Gasteiger partial charge in [0.05, 0.1) is 24.7 Å². The van der Waals surface area contributed by atoms with E-state index in [0.717, 1.165) is 6.42 Å². The topological polar surface area (TPSA) is 116 Å². The molecule has 3 rings (SSSR count). The second kappa shape index (κ2) is 10.7. The number of amides is 1. The van der Waals surface area contributed by atoms with Gasteiger partial charge in [0.25, 0.3) is 15.9 Å². The van der Waals surface area contributed by atoms with Crippen molar-refractivity contribution >= 4 is 21.6 Å². The predicted molar refractivity (Wildman–Crippen MR) is 124 cm³/mol. The first-order chi connectivity index (χ1) is 15.9. The van der Waals surface area contributed by atoms with Crippen molar-refractivity contribution in [3.05, 3.63) is 66.4 Å². The largest absolute Gasteiger partial charge is 0.493 e. The number of nitrogens with zero attached hydrogens (tertiary/aromatic N) is 1. The molecule has 174 valence electrons. The highest BCUT2D eigenvalue weighted by molar-refractivity contribution is 7.92. The van der Waals surface area contributed by atoms with Crippen molar-refractivity contribution in [2.24, 2.45) is 0 Å². The second-order valence-electron chi connectivity index (χ2n) is 6.89.